The lowest BCUT2D eigenvalue weighted by Crippen LogP contribution is -2.34. The van der Waals surface area contributed by atoms with Crippen molar-refractivity contribution in [3.63, 3.8) is 0 Å². The number of benzene rings is 2. The third kappa shape index (κ3) is 4.91. The molecule has 0 amide bonds. The maximum atomic E-state index is 6.03. The van der Waals surface area contributed by atoms with Crippen LogP contribution < -0.4 is 16.0 Å². The number of rotatable bonds is 4. The van der Waals surface area contributed by atoms with Crippen molar-refractivity contribution in [2.24, 2.45) is 10.7 Å². The van der Waals surface area contributed by atoms with Crippen LogP contribution in [-0.2, 0) is 0 Å². The van der Waals surface area contributed by atoms with Gasteiger partial charge >= 0.3 is 0 Å². The Balaban J connectivity index is 2.05. The van der Waals surface area contributed by atoms with Crippen LogP contribution in [0.3, 0.4) is 0 Å². The maximum Gasteiger partial charge on any atom is 0.197 e. The van der Waals surface area contributed by atoms with Gasteiger partial charge in [-0.1, -0.05) is 56.8 Å². The van der Waals surface area contributed by atoms with Gasteiger partial charge in [0.2, 0.25) is 0 Å². The Labute approximate surface area is 158 Å². The van der Waals surface area contributed by atoms with Crippen LogP contribution in [0.2, 0.25) is 15.1 Å². The zero-order valence-electron chi connectivity index (χ0n) is 12.2. The second-order valence-corrected chi connectivity index (χ2v) is 6.75. The number of nitrogens with one attached hydrogen (secondary N) is 1. The molecular weight excluding hydrogens is 422 g/mol. The topological polar surface area (TPSA) is 53.6 Å². The van der Waals surface area contributed by atoms with Crippen LogP contribution in [0.25, 0.3) is 0 Å². The fourth-order valence-electron chi connectivity index (χ4n) is 1.78. The predicted molar refractivity (Wildman–Crippen MR) is 104 cm³/mol. The molecule has 8 heteroatoms. The molecule has 0 aliphatic heterocycles. The number of hydrogen-bond donors (Lipinski definition) is 2. The van der Waals surface area contributed by atoms with Gasteiger partial charge < -0.3 is 16.0 Å². The van der Waals surface area contributed by atoms with Gasteiger partial charge in [0.05, 0.1) is 15.1 Å². The largest absolute Gasteiger partial charge is 0.369 e. The molecule has 2 rings (SSSR count). The summed E-state index contributed by atoms with van der Waals surface area (Å²) in [6.45, 7) is 0.335. The van der Waals surface area contributed by atoms with Crippen LogP contribution >= 0.6 is 50.7 Å². The number of halogens is 4. The molecular formula is C15H14BrCl3N4. The summed E-state index contributed by atoms with van der Waals surface area (Å²) >= 11 is 21.4. The predicted octanol–water partition coefficient (Wildman–Crippen LogP) is 5.23. The Bertz CT molecular complexity index is 713. The van der Waals surface area contributed by atoms with E-state index in [-0.39, 0.29) is 0 Å². The number of guanidine groups is 1. The van der Waals surface area contributed by atoms with Crippen molar-refractivity contribution in [3.05, 3.63) is 55.9 Å². The van der Waals surface area contributed by atoms with E-state index in [1.807, 2.05) is 24.3 Å². The van der Waals surface area contributed by atoms with Crippen LogP contribution in [0, 0.1) is 0 Å². The van der Waals surface area contributed by atoms with Crippen LogP contribution in [-0.4, -0.2) is 19.7 Å². The molecule has 23 heavy (non-hydrogen) atoms. The summed E-state index contributed by atoms with van der Waals surface area (Å²) in [6, 6.07) is 11.1. The molecule has 0 saturated heterocycles. The van der Waals surface area contributed by atoms with Crippen molar-refractivity contribution in [1.82, 2.24) is 0 Å². The first-order valence-electron chi connectivity index (χ1n) is 6.56. The van der Waals surface area contributed by atoms with E-state index in [4.69, 9.17) is 40.5 Å². The molecule has 0 aromatic heterocycles. The quantitative estimate of drug-likeness (QED) is 0.392. The second-order valence-electron chi connectivity index (χ2n) is 4.64. The van der Waals surface area contributed by atoms with E-state index in [1.165, 1.54) is 0 Å². The van der Waals surface area contributed by atoms with Crippen molar-refractivity contribution < 1.29 is 0 Å². The minimum Gasteiger partial charge on any atom is -0.369 e. The Morgan fingerprint density at radius 1 is 1.22 bits per heavy atom. The van der Waals surface area contributed by atoms with Crippen LogP contribution in [0.15, 0.2) is 45.9 Å². The lowest BCUT2D eigenvalue weighted by atomic mass is 10.3. The maximum absolute atomic E-state index is 6.03. The van der Waals surface area contributed by atoms with E-state index in [0.717, 1.165) is 10.2 Å². The summed E-state index contributed by atoms with van der Waals surface area (Å²) in [7, 11) is 1.77. The van der Waals surface area contributed by atoms with Crippen LogP contribution in [0.4, 0.5) is 11.4 Å². The lowest BCUT2D eigenvalue weighted by Gasteiger charge is -2.19. The highest BCUT2D eigenvalue weighted by Crippen LogP contribution is 2.34. The standard InChI is InChI=1S/C15H14BrCl3N4/c1-23(11-6-12(17)14(19)13(18)7-11)15(20)22-8-21-10-4-2-3-9(16)5-10/h2-7,21H,8H2,1H3,(H2,20,22). The molecule has 2 aromatic carbocycles. The Kier molecular flexibility index (Phi) is 6.41. The smallest absolute Gasteiger partial charge is 0.197 e. The van der Waals surface area contributed by atoms with E-state index >= 15 is 0 Å². The number of nitrogens with zero attached hydrogens (tertiary/aromatic N) is 2. The van der Waals surface area contributed by atoms with E-state index < -0.39 is 0 Å². The fraction of sp³-hybridized carbons (Fsp3) is 0.133. The summed E-state index contributed by atoms with van der Waals surface area (Å²) < 4.78 is 0.988. The molecule has 0 bridgehead atoms. The highest BCUT2D eigenvalue weighted by atomic mass is 79.9. The van der Waals surface area contributed by atoms with Crippen molar-refractivity contribution in [1.29, 1.82) is 0 Å². The van der Waals surface area contributed by atoms with E-state index in [2.05, 4.69) is 26.2 Å². The molecule has 0 radical (unpaired) electrons. The molecule has 0 saturated carbocycles. The number of anilines is 2. The molecule has 0 aliphatic rings. The van der Waals surface area contributed by atoms with Crippen LogP contribution in [0.1, 0.15) is 0 Å². The SMILES string of the molecule is CN(C(N)=NCNc1cccc(Br)c1)c1cc(Cl)c(Cl)c(Cl)c1. The highest BCUT2D eigenvalue weighted by Gasteiger charge is 2.11. The Hall–Kier alpha value is -1.14. The summed E-state index contributed by atoms with van der Waals surface area (Å²) in [5.41, 5.74) is 7.63. The van der Waals surface area contributed by atoms with E-state index in [9.17, 15) is 0 Å². The molecule has 0 aliphatic carbocycles. The van der Waals surface area contributed by atoms with Gasteiger partial charge in [0.1, 0.15) is 6.67 Å². The zero-order chi connectivity index (χ0) is 17.0. The summed E-state index contributed by atoms with van der Waals surface area (Å²) in [4.78, 5) is 5.96. The van der Waals surface area contributed by atoms with Gasteiger partial charge in [-0.2, -0.15) is 0 Å². The average Bonchev–Trinajstić information content (AvgIpc) is 2.51. The minimum atomic E-state index is 0.317. The number of hydrogen-bond acceptors (Lipinski definition) is 2. The monoisotopic (exact) mass is 434 g/mol. The van der Waals surface area contributed by atoms with Gasteiger partial charge in [-0.15, -0.1) is 0 Å². The average molecular weight is 437 g/mol. The molecule has 122 valence electrons. The Morgan fingerprint density at radius 2 is 1.87 bits per heavy atom. The molecule has 0 spiro atoms. The summed E-state index contributed by atoms with van der Waals surface area (Å²) in [5.74, 6) is 0.321. The first-order valence-corrected chi connectivity index (χ1v) is 8.49. The lowest BCUT2D eigenvalue weighted by molar-refractivity contribution is 1.09. The highest BCUT2D eigenvalue weighted by molar-refractivity contribution is 9.10. The summed E-state index contributed by atoms with van der Waals surface area (Å²) in [6.07, 6.45) is 0. The van der Waals surface area contributed by atoms with Gasteiger partial charge in [-0.3, -0.25) is 0 Å². The molecule has 0 heterocycles. The first-order chi connectivity index (χ1) is 10.9. The molecule has 3 N–H and O–H groups in total. The third-order valence-electron chi connectivity index (χ3n) is 3.05. The summed E-state index contributed by atoms with van der Waals surface area (Å²) in [5, 5.41) is 4.20. The van der Waals surface area contributed by atoms with Crippen molar-refractivity contribution in [2.75, 3.05) is 23.9 Å². The Morgan fingerprint density at radius 3 is 2.48 bits per heavy atom. The first kappa shape index (κ1) is 18.2. The van der Waals surface area contributed by atoms with Gasteiger partial charge in [0, 0.05) is 22.9 Å². The van der Waals surface area contributed by atoms with Crippen LogP contribution in [0.5, 0.6) is 0 Å². The van der Waals surface area contributed by atoms with Gasteiger partial charge in [0.25, 0.3) is 0 Å². The number of nitrogens with two attached hydrogens (primary N) is 1. The van der Waals surface area contributed by atoms with E-state index in [1.54, 1.807) is 24.1 Å². The van der Waals surface area contributed by atoms with Gasteiger partial charge in [-0.25, -0.2) is 4.99 Å². The van der Waals surface area contributed by atoms with Crippen molar-refractivity contribution in [3.8, 4) is 0 Å². The fourth-order valence-corrected chi connectivity index (χ4v) is 2.77. The molecule has 0 fully saturated rings. The zero-order valence-corrected chi connectivity index (χ0v) is 16.0. The second kappa shape index (κ2) is 8.11. The van der Waals surface area contributed by atoms with E-state index in [0.29, 0.717) is 33.4 Å². The van der Waals surface area contributed by atoms with Crippen molar-refractivity contribution in [2.45, 2.75) is 0 Å². The molecule has 0 unspecified atom stereocenters. The third-order valence-corrected chi connectivity index (χ3v) is 4.74. The minimum absolute atomic E-state index is 0.317. The normalized spacial score (nSPS) is 11.4. The molecule has 4 nitrogen and oxygen atoms in total. The number of aliphatic imine (C=N–C) groups is 1. The van der Waals surface area contributed by atoms with Crippen molar-refractivity contribution >= 4 is 68.1 Å². The molecule has 0 atom stereocenters. The van der Waals surface area contributed by atoms with Gasteiger partial charge in [-0.05, 0) is 30.3 Å². The van der Waals surface area contributed by atoms with Gasteiger partial charge in [0.15, 0.2) is 5.96 Å². The molecule has 2 aromatic rings.